The third-order valence-electron chi connectivity index (χ3n) is 2.73. The first-order chi connectivity index (χ1) is 8.61. The summed E-state index contributed by atoms with van der Waals surface area (Å²) in [5.74, 6) is 1.03. The molecule has 0 radical (unpaired) electrons. The van der Waals surface area contributed by atoms with Gasteiger partial charge in [0.1, 0.15) is 5.54 Å². The van der Waals surface area contributed by atoms with Crippen molar-refractivity contribution < 1.29 is 0 Å². The largest absolute Gasteiger partial charge is 0.300 e. The number of thioether (sulfide) groups is 1. The summed E-state index contributed by atoms with van der Waals surface area (Å²) in [4.78, 5) is 1.26. The summed E-state index contributed by atoms with van der Waals surface area (Å²) in [5, 5.41) is 12.4. The summed E-state index contributed by atoms with van der Waals surface area (Å²) in [7, 11) is 0. The topological polar surface area (TPSA) is 35.8 Å². The van der Waals surface area contributed by atoms with Gasteiger partial charge in [-0.1, -0.05) is 19.1 Å². The highest BCUT2D eigenvalue weighted by atomic mass is 79.9. The van der Waals surface area contributed by atoms with Gasteiger partial charge in [0, 0.05) is 9.37 Å². The highest BCUT2D eigenvalue weighted by Crippen LogP contribution is 2.28. The second-order valence-corrected chi connectivity index (χ2v) is 6.35. The molecule has 0 aliphatic heterocycles. The summed E-state index contributed by atoms with van der Waals surface area (Å²) in [6.45, 7) is 4.84. The Morgan fingerprint density at radius 3 is 2.78 bits per heavy atom. The zero-order valence-corrected chi connectivity index (χ0v) is 13.3. The molecule has 1 aromatic rings. The predicted octanol–water partition coefficient (Wildman–Crippen LogP) is 4.21. The van der Waals surface area contributed by atoms with Crippen LogP contribution in [0.4, 0.5) is 0 Å². The van der Waals surface area contributed by atoms with E-state index in [4.69, 9.17) is 5.26 Å². The second kappa shape index (κ2) is 7.83. The molecular formula is C14H19BrN2S. The fraction of sp³-hybridized carbons (Fsp3) is 0.500. The summed E-state index contributed by atoms with van der Waals surface area (Å²) in [5.41, 5.74) is -0.386. The van der Waals surface area contributed by atoms with Crippen LogP contribution in [0.1, 0.15) is 26.7 Å². The lowest BCUT2D eigenvalue weighted by molar-refractivity contribution is 0.426. The lowest BCUT2D eigenvalue weighted by Gasteiger charge is -2.22. The Bertz CT molecular complexity index is 417. The first-order valence-electron chi connectivity index (χ1n) is 6.15. The molecule has 0 heterocycles. The van der Waals surface area contributed by atoms with Gasteiger partial charge >= 0.3 is 0 Å². The molecule has 2 nitrogen and oxygen atoms in total. The minimum absolute atomic E-state index is 0.386. The normalized spacial score (nSPS) is 13.9. The van der Waals surface area contributed by atoms with E-state index in [2.05, 4.69) is 39.4 Å². The maximum absolute atomic E-state index is 9.15. The van der Waals surface area contributed by atoms with Crippen LogP contribution in [-0.4, -0.2) is 17.8 Å². The Hall–Kier alpha value is -0.500. The van der Waals surface area contributed by atoms with Gasteiger partial charge in [-0.25, -0.2) is 0 Å². The van der Waals surface area contributed by atoms with Crippen LogP contribution < -0.4 is 5.32 Å². The average molecular weight is 327 g/mol. The Balaban J connectivity index is 2.35. The molecule has 1 atom stereocenters. The molecule has 1 rings (SSSR count). The first-order valence-corrected chi connectivity index (χ1v) is 7.93. The highest BCUT2D eigenvalue weighted by Gasteiger charge is 2.21. The SMILES string of the molecule is CCNC(C)(C#N)CCCSc1ccccc1Br. The number of nitrogens with one attached hydrogen (secondary N) is 1. The minimum atomic E-state index is -0.386. The minimum Gasteiger partial charge on any atom is -0.300 e. The molecule has 0 fully saturated rings. The molecule has 0 spiro atoms. The van der Waals surface area contributed by atoms with Crippen LogP contribution in [-0.2, 0) is 0 Å². The number of halogens is 1. The predicted molar refractivity (Wildman–Crippen MR) is 81.8 cm³/mol. The monoisotopic (exact) mass is 326 g/mol. The Morgan fingerprint density at radius 2 is 2.17 bits per heavy atom. The van der Waals surface area contributed by atoms with Gasteiger partial charge < -0.3 is 0 Å². The van der Waals surface area contributed by atoms with Crippen LogP contribution >= 0.6 is 27.7 Å². The van der Waals surface area contributed by atoms with Crippen molar-refractivity contribution in [2.24, 2.45) is 0 Å². The van der Waals surface area contributed by atoms with Gasteiger partial charge in [-0.2, -0.15) is 5.26 Å². The highest BCUT2D eigenvalue weighted by molar-refractivity contribution is 9.10. The molecule has 4 heteroatoms. The molecule has 0 bridgehead atoms. The van der Waals surface area contributed by atoms with Gasteiger partial charge in [-0.15, -0.1) is 11.8 Å². The van der Waals surface area contributed by atoms with Crippen LogP contribution in [0.3, 0.4) is 0 Å². The molecule has 18 heavy (non-hydrogen) atoms. The van der Waals surface area contributed by atoms with Crippen LogP contribution in [0.25, 0.3) is 0 Å². The smallest absolute Gasteiger partial charge is 0.103 e. The van der Waals surface area contributed by atoms with E-state index in [0.29, 0.717) is 0 Å². The van der Waals surface area contributed by atoms with Crippen LogP contribution in [0.5, 0.6) is 0 Å². The third-order valence-corrected chi connectivity index (χ3v) is 4.84. The van der Waals surface area contributed by atoms with Gasteiger partial charge in [0.05, 0.1) is 6.07 Å². The fourth-order valence-corrected chi connectivity index (χ4v) is 3.26. The van der Waals surface area contributed by atoms with Crippen molar-refractivity contribution in [1.82, 2.24) is 5.32 Å². The van der Waals surface area contributed by atoms with Crippen LogP contribution in [0.15, 0.2) is 33.6 Å². The number of nitriles is 1. The number of hydrogen-bond donors (Lipinski definition) is 1. The molecule has 0 aromatic heterocycles. The van der Waals surface area contributed by atoms with E-state index in [1.54, 1.807) is 0 Å². The Labute approximate surface area is 122 Å². The van der Waals surface area contributed by atoms with Crippen molar-refractivity contribution in [2.45, 2.75) is 37.1 Å². The van der Waals surface area contributed by atoms with Crippen molar-refractivity contribution in [3.8, 4) is 6.07 Å². The van der Waals surface area contributed by atoms with Gasteiger partial charge in [-0.3, -0.25) is 5.32 Å². The maximum atomic E-state index is 9.15. The summed E-state index contributed by atoms with van der Waals surface area (Å²) in [6, 6.07) is 10.6. The lowest BCUT2D eigenvalue weighted by atomic mass is 9.98. The third kappa shape index (κ3) is 5.01. The zero-order chi connectivity index (χ0) is 13.4. The number of benzene rings is 1. The van der Waals surface area contributed by atoms with Gasteiger partial charge in [0.15, 0.2) is 0 Å². The first kappa shape index (κ1) is 15.6. The van der Waals surface area contributed by atoms with Crippen LogP contribution in [0, 0.1) is 11.3 Å². The van der Waals surface area contributed by atoms with Crippen molar-refractivity contribution >= 4 is 27.7 Å². The van der Waals surface area contributed by atoms with E-state index in [9.17, 15) is 0 Å². The van der Waals surface area contributed by atoms with E-state index in [-0.39, 0.29) is 5.54 Å². The standard InChI is InChI=1S/C14H19BrN2S/c1-3-17-14(2,11-16)9-6-10-18-13-8-5-4-7-12(13)15/h4-5,7-8,17H,3,6,9-10H2,1-2H3. The summed E-state index contributed by atoms with van der Waals surface area (Å²) in [6.07, 6.45) is 1.91. The van der Waals surface area contributed by atoms with E-state index in [1.165, 1.54) is 4.90 Å². The van der Waals surface area contributed by atoms with Crippen molar-refractivity contribution in [3.05, 3.63) is 28.7 Å². The lowest BCUT2D eigenvalue weighted by Crippen LogP contribution is -2.40. The molecule has 0 saturated heterocycles. The molecular weight excluding hydrogens is 308 g/mol. The molecule has 0 amide bonds. The number of rotatable bonds is 7. The van der Waals surface area contributed by atoms with E-state index in [0.717, 1.165) is 29.6 Å². The molecule has 98 valence electrons. The zero-order valence-electron chi connectivity index (χ0n) is 10.9. The summed E-state index contributed by atoms with van der Waals surface area (Å²) < 4.78 is 1.14. The molecule has 1 N–H and O–H groups in total. The Morgan fingerprint density at radius 1 is 1.44 bits per heavy atom. The van der Waals surface area contributed by atoms with Crippen molar-refractivity contribution in [2.75, 3.05) is 12.3 Å². The van der Waals surface area contributed by atoms with Gasteiger partial charge in [0.25, 0.3) is 0 Å². The number of hydrogen-bond acceptors (Lipinski definition) is 3. The molecule has 0 saturated carbocycles. The number of nitrogens with zero attached hydrogens (tertiary/aromatic N) is 1. The van der Waals surface area contributed by atoms with Gasteiger partial charge in [-0.05, 0) is 60.1 Å². The van der Waals surface area contributed by atoms with Crippen molar-refractivity contribution in [3.63, 3.8) is 0 Å². The van der Waals surface area contributed by atoms with Gasteiger partial charge in [0.2, 0.25) is 0 Å². The fourth-order valence-electron chi connectivity index (χ4n) is 1.74. The Kier molecular flexibility index (Phi) is 6.77. The summed E-state index contributed by atoms with van der Waals surface area (Å²) >= 11 is 5.37. The quantitative estimate of drug-likeness (QED) is 0.602. The molecule has 0 aliphatic carbocycles. The van der Waals surface area contributed by atoms with Crippen molar-refractivity contribution in [1.29, 1.82) is 5.26 Å². The average Bonchev–Trinajstić information content (AvgIpc) is 2.37. The molecule has 1 aromatic carbocycles. The second-order valence-electron chi connectivity index (χ2n) is 4.36. The molecule has 0 aliphatic rings. The maximum Gasteiger partial charge on any atom is 0.103 e. The molecule has 1 unspecified atom stereocenters. The van der Waals surface area contributed by atoms with E-state index < -0.39 is 0 Å². The van der Waals surface area contributed by atoms with E-state index in [1.807, 2.05) is 37.7 Å². The van der Waals surface area contributed by atoms with E-state index >= 15 is 0 Å². The van der Waals surface area contributed by atoms with Crippen LogP contribution in [0.2, 0.25) is 0 Å².